The van der Waals surface area contributed by atoms with Crippen molar-refractivity contribution < 1.29 is 22.3 Å². The number of anilines is 1. The molecule has 50 heavy (non-hydrogen) atoms. The quantitative estimate of drug-likeness (QED) is 0.251. The Labute approximate surface area is 295 Å². The van der Waals surface area contributed by atoms with E-state index in [2.05, 4.69) is 27.3 Å². The monoisotopic (exact) mass is 701 g/mol. The smallest absolute Gasteiger partial charge is 0.350 e. The van der Waals surface area contributed by atoms with E-state index in [9.17, 15) is 13.2 Å². The number of carbonyl (C=O) groups excluding carboxylic acids is 1. The Balaban J connectivity index is 1.19. The van der Waals surface area contributed by atoms with Crippen molar-refractivity contribution in [3.63, 3.8) is 0 Å². The highest BCUT2D eigenvalue weighted by Gasteiger charge is 2.53. The fourth-order valence-corrected chi connectivity index (χ4v) is 9.60. The van der Waals surface area contributed by atoms with Gasteiger partial charge in [0.2, 0.25) is 10.0 Å². The molecule has 7 rings (SSSR count). The van der Waals surface area contributed by atoms with E-state index in [4.69, 9.17) is 4.74 Å². The molecule has 0 aromatic heterocycles. The number of piperidine rings is 1. The summed E-state index contributed by atoms with van der Waals surface area (Å²) in [5.41, 5.74) is 2.20. The lowest BCUT2D eigenvalue weighted by atomic mass is 9.83. The number of aliphatic imine (C=N–C) groups is 1. The number of nitrogens with zero attached hydrogens (tertiary/aromatic N) is 4. The maximum atomic E-state index is 15.2. The van der Waals surface area contributed by atoms with Gasteiger partial charge in [0, 0.05) is 44.3 Å². The van der Waals surface area contributed by atoms with Gasteiger partial charge < -0.3 is 10.1 Å². The third-order valence-electron chi connectivity index (χ3n) is 10.6. The number of likely N-dealkylation sites (tertiary alicyclic amines) is 1. The van der Waals surface area contributed by atoms with Gasteiger partial charge in [0.1, 0.15) is 22.9 Å². The molecule has 0 unspecified atom stereocenters. The van der Waals surface area contributed by atoms with Crippen molar-refractivity contribution in [2.24, 2.45) is 4.99 Å². The summed E-state index contributed by atoms with van der Waals surface area (Å²) >= 11 is 0. The van der Waals surface area contributed by atoms with E-state index in [1.807, 2.05) is 26.0 Å². The lowest BCUT2D eigenvalue weighted by Gasteiger charge is -2.46. The molecule has 2 saturated heterocycles. The highest BCUT2D eigenvalue weighted by Crippen LogP contribution is 2.44. The molecule has 0 atom stereocenters. The predicted octanol–water partition coefficient (Wildman–Crippen LogP) is 7.36. The molecule has 1 aliphatic carbocycles. The van der Waals surface area contributed by atoms with Crippen LogP contribution in [0.1, 0.15) is 77.2 Å². The third kappa shape index (κ3) is 7.05. The number of benzene rings is 3. The number of amides is 2. The molecular weight excluding hydrogens is 654 g/mol. The second-order valence-corrected chi connectivity index (χ2v) is 16.4. The number of ether oxygens (including phenoxy) is 1. The molecule has 4 aliphatic rings. The van der Waals surface area contributed by atoms with Gasteiger partial charge in [0.05, 0.1) is 16.7 Å². The van der Waals surface area contributed by atoms with Gasteiger partial charge >= 0.3 is 6.03 Å². The van der Waals surface area contributed by atoms with Crippen molar-refractivity contribution in [1.29, 1.82) is 0 Å². The number of amidine groups is 1. The Morgan fingerprint density at radius 3 is 2.34 bits per heavy atom. The van der Waals surface area contributed by atoms with Crippen LogP contribution in [0, 0.1) is 5.82 Å². The number of sulfonamides is 1. The number of hydrogen-bond acceptors (Lipinski definition) is 6. The standard InChI is InChI=1S/C39H48FN5O4S/c1-28(2)49-33-12-8-9-29(25-33)27-43-23-19-39(20-24-43)37(41-32-10-4-3-5-11-32)42-38(46)45(39)36-26-31(40)15-18-35(36)30-13-16-34(17-14-30)50(47,48)44-21-6-7-22-44/h8-9,12-18,25-26,28,32H,3-7,10-11,19-24,27H2,1-2H3,(H,41,42,46). The van der Waals surface area contributed by atoms with Gasteiger partial charge in [0.25, 0.3) is 0 Å². The summed E-state index contributed by atoms with van der Waals surface area (Å²) in [5, 5.41) is 3.71. The van der Waals surface area contributed by atoms with Crippen LogP contribution in [0.3, 0.4) is 0 Å². The number of hydrogen-bond donors (Lipinski definition) is 1. The Morgan fingerprint density at radius 2 is 1.64 bits per heavy atom. The maximum absolute atomic E-state index is 15.2. The van der Waals surface area contributed by atoms with Crippen LogP contribution in [0.15, 0.2) is 76.6 Å². The molecule has 3 aliphatic heterocycles. The lowest BCUT2D eigenvalue weighted by Crippen LogP contribution is -2.62. The van der Waals surface area contributed by atoms with E-state index in [1.165, 1.54) is 22.9 Å². The summed E-state index contributed by atoms with van der Waals surface area (Å²) in [6.45, 7) is 7.28. The largest absolute Gasteiger partial charge is 0.491 e. The van der Waals surface area contributed by atoms with Crippen LogP contribution in [0.2, 0.25) is 0 Å². The Hall–Kier alpha value is -3.80. The SMILES string of the molecule is CC(C)Oc1cccc(CN2CCC3(CC2)C(NC2CCCCC2)=NC(=O)N3c2cc(F)ccc2-c2ccc(S(=O)(=O)N3CCCC3)cc2)c1. The first kappa shape index (κ1) is 34.6. The highest BCUT2D eigenvalue weighted by atomic mass is 32.2. The number of carbonyl (C=O) groups is 1. The Morgan fingerprint density at radius 1 is 0.920 bits per heavy atom. The third-order valence-corrected chi connectivity index (χ3v) is 12.6. The minimum absolute atomic E-state index is 0.0916. The molecule has 0 radical (unpaired) electrons. The van der Waals surface area contributed by atoms with Gasteiger partial charge in [-0.15, -0.1) is 0 Å². The molecule has 3 aromatic carbocycles. The molecule has 2 amide bonds. The molecule has 3 heterocycles. The van der Waals surface area contributed by atoms with Crippen molar-refractivity contribution in [3.05, 3.63) is 78.1 Å². The zero-order chi connectivity index (χ0) is 34.9. The zero-order valence-electron chi connectivity index (χ0n) is 29.1. The first-order valence-electron chi connectivity index (χ1n) is 18.2. The first-order chi connectivity index (χ1) is 24.1. The summed E-state index contributed by atoms with van der Waals surface area (Å²) in [5.74, 6) is 1.09. The van der Waals surface area contributed by atoms with E-state index in [0.717, 1.165) is 69.5 Å². The average molecular weight is 702 g/mol. The van der Waals surface area contributed by atoms with Crippen molar-refractivity contribution in [2.45, 2.75) is 101 Å². The van der Waals surface area contributed by atoms with Crippen LogP contribution < -0.4 is 15.0 Å². The number of halogens is 1. The van der Waals surface area contributed by atoms with Crippen LogP contribution in [0.25, 0.3) is 11.1 Å². The molecule has 1 spiro atoms. The second kappa shape index (κ2) is 14.4. The van der Waals surface area contributed by atoms with Crippen LogP contribution in [0.5, 0.6) is 5.75 Å². The molecule has 0 bridgehead atoms. The van der Waals surface area contributed by atoms with E-state index >= 15 is 4.39 Å². The minimum atomic E-state index is -3.59. The molecule has 3 fully saturated rings. The molecule has 1 N–H and O–H groups in total. The number of nitrogens with one attached hydrogen (secondary N) is 1. The second-order valence-electron chi connectivity index (χ2n) is 14.5. The predicted molar refractivity (Wildman–Crippen MR) is 195 cm³/mol. The molecule has 1 saturated carbocycles. The highest BCUT2D eigenvalue weighted by molar-refractivity contribution is 7.89. The molecule has 9 nitrogen and oxygen atoms in total. The topological polar surface area (TPSA) is 94.5 Å². The molecule has 266 valence electrons. The molecule has 3 aromatic rings. The fourth-order valence-electron chi connectivity index (χ4n) is 8.09. The zero-order valence-corrected chi connectivity index (χ0v) is 29.9. The summed E-state index contributed by atoms with van der Waals surface area (Å²) in [7, 11) is -3.59. The molecule has 11 heteroatoms. The number of urea groups is 1. The van der Waals surface area contributed by atoms with Crippen molar-refractivity contribution in [1.82, 2.24) is 14.5 Å². The first-order valence-corrected chi connectivity index (χ1v) is 19.6. The van der Waals surface area contributed by atoms with E-state index < -0.39 is 27.4 Å². The fraction of sp³-hybridized carbons (Fsp3) is 0.487. The van der Waals surface area contributed by atoms with Gasteiger partial charge in [-0.25, -0.2) is 17.6 Å². The van der Waals surface area contributed by atoms with E-state index in [0.29, 0.717) is 48.6 Å². The maximum Gasteiger partial charge on any atom is 0.350 e. The van der Waals surface area contributed by atoms with E-state index in [1.54, 1.807) is 35.2 Å². The normalized spacial score (nSPS) is 20.5. The summed E-state index contributed by atoms with van der Waals surface area (Å²) in [4.78, 5) is 23.1. The van der Waals surface area contributed by atoms with Crippen molar-refractivity contribution >= 4 is 27.6 Å². The Kier molecular flexibility index (Phi) is 10.0. The van der Waals surface area contributed by atoms with Gasteiger partial charge in [-0.2, -0.15) is 9.30 Å². The molecular formula is C39H48FN5O4S. The van der Waals surface area contributed by atoms with Gasteiger partial charge in [-0.1, -0.05) is 43.5 Å². The Bertz CT molecular complexity index is 1830. The van der Waals surface area contributed by atoms with Crippen molar-refractivity contribution in [3.8, 4) is 16.9 Å². The minimum Gasteiger partial charge on any atom is -0.491 e. The van der Waals surface area contributed by atoms with Crippen LogP contribution in [0.4, 0.5) is 14.9 Å². The van der Waals surface area contributed by atoms with Crippen LogP contribution >= 0.6 is 0 Å². The number of rotatable bonds is 9. The van der Waals surface area contributed by atoms with Crippen molar-refractivity contribution in [2.75, 3.05) is 31.1 Å². The summed E-state index contributed by atoms with van der Waals surface area (Å²) in [6.07, 6.45) is 8.62. The van der Waals surface area contributed by atoms with Gasteiger partial charge in [-0.3, -0.25) is 9.80 Å². The van der Waals surface area contributed by atoms with Crippen LogP contribution in [-0.2, 0) is 16.6 Å². The van der Waals surface area contributed by atoms with Gasteiger partial charge in [-0.05, 0) is 106 Å². The van der Waals surface area contributed by atoms with Gasteiger partial charge in [0.15, 0.2) is 0 Å². The summed E-state index contributed by atoms with van der Waals surface area (Å²) in [6, 6.07) is 19.3. The van der Waals surface area contributed by atoms with E-state index in [-0.39, 0.29) is 17.0 Å². The average Bonchev–Trinajstić information content (AvgIpc) is 3.74. The van der Waals surface area contributed by atoms with Crippen LogP contribution in [-0.4, -0.2) is 73.4 Å². The summed E-state index contributed by atoms with van der Waals surface area (Å²) < 4.78 is 49.1. The lowest BCUT2D eigenvalue weighted by molar-refractivity contribution is 0.181.